The largest absolute Gasteiger partial charge is 0.369 e. The lowest BCUT2D eigenvalue weighted by atomic mass is 10.0. The van der Waals surface area contributed by atoms with Crippen molar-refractivity contribution in [2.45, 2.75) is 19.4 Å². The Hall–Kier alpha value is -1.60. The van der Waals surface area contributed by atoms with Crippen LogP contribution in [0.2, 0.25) is 0 Å². The van der Waals surface area contributed by atoms with Crippen LogP contribution in [0.25, 0.3) is 0 Å². The molecule has 2 aromatic rings. The molecule has 1 heteroatoms. The molecule has 0 aromatic heterocycles. The van der Waals surface area contributed by atoms with E-state index in [-0.39, 0.29) is 6.10 Å². The monoisotopic (exact) mass is 226 g/mol. The summed E-state index contributed by atoms with van der Waals surface area (Å²) >= 11 is 0. The van der Waals surface area contributed by atoms with Crippen molar-refractivity contribution in [2.24, 2.45) is 0 Å². The molecule has 17 heavy (non-hydrogen) atoms. The van der Waals surface area contributed by atoms with Crippen LogP contribution < -0.4 is 0 Å². The lowest BCUT2D eigenvalue weighted by Gasteiger charge is -2.18. The van der Waals surface area contributed by atoms with E-state index >= 15 is 0 Å². The van der Waals surface area contributed by atoms with Gasteiger partial charge in [-0.25, -0.2) is 0 Å². The molecular weight excluding hydrogens is 208 g/mol. The van der Waals surface area contributed by atoms with E-state index in [2.05, 4.69) is 55.5 Å². The van der Waals surface area contributed by atoms with Gasteiger partial charge in [-0.2, -0.15) is 0 Å². The predicted molar refractivity (Wildman–Crippen MR) is 71.0 cm³/mol. The Morgan fingerprint density at radius 2 is 1.29 bits per heavy atom. The number of hydrogen-bond donors (Lipinski definition) is 0. The van der Waals surface area contributed by atoms with Crippen LogP contribution >= 0.6 is 0 Å². The van der Waals surface area contributed by atoms with Gasteiger partial charge in [0.05, 0.1) is 0 Å². The third-order valence-electron chi connectivity index (χ3n) is 2.69. The molecule has 0 atom stereocenters. The third kappa shape index (κ3) is 3.18. The molecule has 0 amide bonds. The maximum atomic E-state index is 5.96. The quantitative estimate of drug-likeness (QED) is 0.742. The molecule has 0 radical (unpaired) electrons. The molecule has 0 aliphatic rings. The Morgan fingerprint density at radius 3 is 1.71 bits per heavy atom. The Morgan fingerprint density at radius 1 is 0.824 bits per heavy atom. The molecule has 0 heterocycles. The summed E-state index contributed by atoms with van der Waals surface area (Å²) < 4.78 is 5.96. The molecule has 88 valence electrons. The van der Waals surface area contributed by atoms with Gasteiger partial charge in [0, 0.05) is 6.61 Å². The first-order chi connectivity index (χ1) is 8.42. The number of rotatable bonds is 5. The lowest BCUT2D eigenvalue weighted by Crippen LogP contribution is -2.06. The van der Waals surface area contributed by atoms with E-state index in [9.17, 15) is 0 Å². The molecule has 0 fully saturated rings. The maximum Gasteiger partial charge on any atom is 0.108 e. The van der Waals surface area contributed by atoms with Crippen molar-refractivity contribution in [3.8, 4) is 0 Å². The zero-order valence-corrected chi connectivity index (χ0v) is 10.2. The number of benzene rings is 2. The molecule has 0 aliphatic carbocycles. The SMILES string of the molecule is CCCOC(c1ccccc1)c1ccccc1. The summed E-state index contributed by atoms with van der Waals surface area (Å²) in [6.45, 7) is 2.92. The van der Waals surface area contributed by atoms with Crippen molar-refractivity contribution < 1.29 is 4.74 Å². The summed E-state index contributed by atoms with van der Waals surface area (Å²) in [6, 6.07) is 20.8. The van der Waals surface area contributed by atoms with Crippen LogP contribution in [-0.2, 0) is 4.74 Å². The Kier molecular flexibility index (Phi) is 4.34. The van der Waals surface area contributed by atoms with Gasteiger partial charge in [-0.05, 0) is 17.5 Å². The smallest absolute Gasteiger partial charge is 0.108 e. The van der Waals surface area contributed by atoms with Crippen molar-refractivity contribution in [1.82, 2.24) is 0 Å². The summed E-state index contributed by atoms with van der Waals surface area (Å²) in [5.74, 6) is 0. The van der Waals surface area contributed by atoms with Gasteiger partial charge >= 0.3 is 0 Å². The first kappa shape index (κ1) is 11.9. The number of hydrogen-bond acceptors (Lipinski definition) is 1. The highest BCUT2D eigenvalue weighted by Gasteiger charge is 2.13. The van der Waals surface area contributed by atoms with E-state index < -0.39 is 0 Å². The second-order valence-electron chi connectivity index (χ2n) is 4.07. The van der Waals surface area contributed by atoms with E-state index in [1.807, 2.05) is 12.1 Å². The predicted octanol–water partition coefficient (Wildman–Crippen LogP) is 4.20. The fourth-order valence-electron chi connectivity index (χ4n) is 1.88. The van der Waals surface area contributed by atoms with Crippen molar-refractivity contribution in [1.29, 1.82) is 0 Å². The topological polar surface area (TPSA) is 9.23 Å². The standard InChI is InChI=1S/C16H18O/c1-2-13-17-16(14-9-5-3-6-10-14)15-11-7-4-8-12-15/h3-12,16H,2,13H2,1H3. The van der Waals surface area contributed by atoms with Gasteiger partial charge in [-0.15, -0.1) is 0 Å². The molecule has 2 aromatic carbocycles. The van der Waals surface area contributed by atoms with Gasteiger partial charge in [0.25, 0.3) is 0 Å². The minimum Gasteiger partial charge on any atom is -0.369 e. The molecule has 0 saturated carbocycles. The second kappa shape index (κ2) is 6.21. The third-order valence-corrected chi connectivity index (χ3v) is 2.69. The molecule has 0 N–H and O–H groups in total. The summed E-state index contributed by atoms with van der Waals surface area (Å²) in [5, 5.41) is 0. The maximum absolute atomic E-state index is 5.96. The summed E-state index contributed by atoms with van der Waals surface area (Å²) in [6.07, 6.45) is 1.09. The fourth-order valence-corrected chi connectivity index (χ4v) is 1.88. The van der Waals surface area contributed by atoms with Gasteiger partial charge in [-0.1, -0.05) is 67.6 Å². The van der Waals surface area contributed by atoms with Crippen LogP contribution in [0.4, 0.5) is 0 Å². The van der Waals surface area contributed by atoms with Crippen molar-refractivity contribution >= 4 is 0 Å². The van der Waals surface area contributed by atoms with Gasteiger partial charge in [0.2, 0.25) is 0 Å². The molecule has 0 spiro atoms. The zero-order chi connectivity index (χ0) is 11.9. The van der Waals surface area contributed by atoms with Gasteiger partial charge in [0.1, 0.15) is 6.10 Å². The lowest BCUT2D eigenvalue weighted by molar-refractivity contribution is 0.0806. The van der Waals surface area contributed by atoms with Crippen LogP contribution in [0.5, 0.6) is 0 Å². The highest BCUT2D eigenvalue weighted by Crippen LogP contribution is 2.25. The van der Waals surface area contributed by atoms with Gasteiger partial charge < -0.3 is 4.74 Å². The normalized spacial score (nSPS) is 10.7. The average Bonchev–Trinajstić information content (AvgIpc) is 2.42. The molecule has 0 bridgehead atoms. The van der Waals surface area contributed by atoms with E-state index in [4.69, 9.17) is 4.74 Å². The fraction of sp³-hybridized carbons (Fsp3) is 0.250. The van der Waals surface area contributed by atoms with Crippen molar-refractivity contribution in [3.05, 3.63) is 71.8 Å². The number of ether oxygens (including phenoxy) is 1. The highest BCUT2D eigenvalue weighted by molar-refractivity contribution is 5.29. The Bertz CT molecular complexity index is 382. The molecular formula is C16H18O. The zero-order valence-electron chi connectivity index (χ0n) is 10.2. The van der Waals surface area contributed by atoms with Crippen LogP contribution in [0.1, 0.15) is 30.6 Å². The van der Waals surface area contributed by atoms with E-state index in [1.165, 1.54) is 11.1 Å². The molecule has 1 nitrogen and oxygen atoms in total. The summed E-state index contributed by atoms with van der Waals surface area (Å²) in [7, 11) is 0. The van der Waals surface area contributed by atoms with Crippen molar-refractivity contribution in [3.63, 3.8) is 0 Å². The highest BCUT2D eigenvalue weighted by atomic mass is 16.5. The molecule has 2 rings (SSSR count). The Labute approximate surface area is 103 Å². The van der Waals surface area contributed by atoms with Crippen LogP contribution in [0.15, 0.2) is 60.7 Å². The second-order valence-corrected chi connectivity index (χ2v) is 4.07. The summed E-state index contributed by atoms with van der Waals surface area (Å²) in [5.41, 5.74) is 2.43. The average molecular weight is 226 g/mol. The Balaban J connectivity index is 2.26. The minimum absolute atomic E-state index is 0.0531. The minimum atomic E-state index is 0.0531. The van der Waals surface area contributed by atoms with Crippen LogP contribution in [-0.4, -0.2) is 6.61 Å². The van der Waals surface area contributed by atoms with Crippen molar-refractivity contribution in [2.75, 3.05) is 6.61 Å². The first-order valence-electron chi connectivity index (χ1n) is 6.13. The van der Waals surface area contributed by atoms with E-state index in [0.29, 0.717) is 0 Å². The van der Waals surface area contributed by atoms with Gasteiger partial charge in [0.15, 0.2) is 0 Å². The molecule has 0 unspecified atom stereocenters. The molecule has 0 aliphatic heterocycles. The summed E-state index contributed by atoms with van der Waals surface area (Å²) in [4.78, 5) is 0. The van der Waals surface area contributed by atoms with E-state index in [0.717, 1.165) is 13.0 Å². The van der Waals surface area contributed by atoms with Crippen LogP contribution in [0.3, 0.4) is 0 Å². The van der Waals surface area contributed by atoms with Crippen LogP contribution in [0, 0.1) is 0 Å². The molecule has 0 saturated heterocycles. The van der Waals surface area contributed by atoms with Gasteiger partial charge in [-0.3, -0.25) is 0 Å². The van der Waals surface area contributed by atoms with E-state index in [1.54, 1.807) is 0 Å². The first-order valence-corrected chi connectivity index (χ1v) is 6.13.